The highest BCUT2D eigenvalue weighted by Crippen LogP contribution is 2.37. The molecule has 0 spiro atoms. The Kier molecular flexibility index (Phi) is 2.84. The van der Waals surface area contributed by atoms with Crippen LogP contribution in [-0.2, 0) is 0 Å². The van der Waals surface area contributed by atoms with E-state index in [1.807, 2.05) is 37.3 Å². The first-order valence-corrected chi connectivity index (χ1v) is 6.22. The second kappa shape index (κ2) is 4.65. The fraction of sp³-hybridized carbons (Fsp3) is 0.0588. The van der Waals surface area contributed by atoms with Crippen LogP contribution < -0.4 is 4.74 Å². The molecule has 0 radical (unpaired) electrons. The number of benzene rings is 2. The molecule has 0 aromatic heterocycles. The summed E-state index contributed by atoms with van der Waals surface area (Å²) in [6.07, 6.45) is 4.02. The zero-order valence-electron chi connectivity index (χ0n) is 10.6. The Bertz CT molecular complexity index is 667. The summed E-state index contributed by atoms with van der Waals surface area (Å²) in [4.78, 5) is 0. The summed E-state index contributed by atoms with van der Waals surface area (Å²) >= 11 is 0. The molecule has 0 unspecified atom stereocenters. The summed E-state index contributed by atoms with van der Waals surface area (Å²) in [6, 6.07) is 15.3. The molecule has 0 amide bonds. The van der Waals surface area contributed by atoms with E-state index in [0.717, 1.165) is 22.5 Å². The van der Waals surface area contributed by atoms with Crippen molar-refractivity contribution < 1.29 is 9.84 Å². The standard InChI is InChI=1S/C17H14O2/c1-2-16-15(12-6-4-3-5-7-12)10-13-8-9-14(18)11-17(13)19-16/h2-11,18H,1H3/b16-2-. The van der Waals surface area contributed by atoms with Gasteiger partial charge in [-0.3, -0.25) is 0 Å². The van der Waals surface area contributed by atoms with Gasteiger partial charge < -0.3 is 9.84 Å². The summed E-state index contributed by atoms with van der Waals surface area (Å²) in [5.74, 6) is 1.71. The number of aromatic hydroxyl groups is 1. The third-order valence-corrected chi connectivity index (χ3v) is 3.13. The first kappa shape index (κ1) is 11.6. The van der Waals surface area contributed by atoms with E-state index in [1.165, 1.54) is 0 Å². The van der Waals surface area contributed by atoms with Crippen LogP contribution in [0.1, 0.15) is 18.1 Å². The average Bonchev–Trinajstić information content (AvgIpc) is 2.46. The molecule has 2 heteroatoms. The van der Waals surface area contributed by atoms with Crippen molar-refractivity contribution in [3.05, 3.63) is 71.5 Å². The minimum absolute atomic E-state index is 0.214. The van der Waals surface area contributed by atoms with Crippen molar-refractivity contribution >= 4 is 11.6 Å². The van der Waals surface area contributed by atoms with Gasteiger partial charge in [-0.15, -0.1) is 0 Å². The lowest BCUT2D eigenvalue weighted by atomic mass is 9.98. The Labute approximate surface area is 112 Å². The second-order valence-electron chi connectivity index (χ2n) is 4.40. The first-order valence-electron chi connectivity index (χ1n) is 6.22. The lowest BCUT2D eigenvalue weighted by Crippen LogP contribution is -2.04. The van der Waals surface area contributed by atoms with E-state index in [0.29, 0.717) is 5.75 Å². The number of allylic oxidation sites excluding steroid dienone is 2. The van der Waals surface area contributed by atoms with Gasteiger partial charge in [0.1, 0.15) is 17.3 Å². The van der Waals surface area contributed by atoms with E-state index in [1.54, 1.807) is 12.1 Å². The summed E-state index contributed by atoms with van der Waals surface area (Å²) in [6.45, 7) is 1.94. The van der Waals surface area contributed by atoms with Crippen LogP contribution in [0.5, 0.6) is 11.5 Å². The number of hydrogen-bond acceptors (Lipinski definition) is 2. The number of fused-ring (bicyclic) bond motifs is 1. The monoisotopic (exact) mass is 250 g/mol. The number of rotatable bonds is 1. The Morgan fingerprint density at radius 1 is 1.05 bits per heavy atom. The van der Waals surface area contributed by atoms with Crippen molar-refractivity contribution in [2.24, 2.45) is 0 Å². The third-order valence-electron chi connectivity index (χ3n) is 3.13. The van der Waals surface area contributed by atoms with Gasteiger partial charge in [-0.1, -0.05) is 30.3 Å². The molecule has 0 saturated carbocycles. The smallest absolute Gasteiger partial charge is 0.138 e. The zero-order valence-corrected chi connectivity index (χ0v) is 10.6. The molecule has 2 aromatic carbocycles. The maximum atomic E-state index is 9.51. The molecule has 1 N–H and O–H groups in total. The summed E-state index contributed by atoms with van der Waals surface area (Å²) in [5, 5.41) is 9.51. The van der Waals surface area contributed by atoms with Gasteiger partial charge in [0.25, 0.3) is 0 Å². The Hall–Kier alpha value is -2.48. The topological polar surface area (TPSA) is 29.5 Å². The van der Waals surface area contributed by atoms with Crippen molar-refractivity contribution in [1.82, 2.24) is 0 Å². The van der Waals surface area contributed by atoms with Gasteiger partial charge in [-0.05, 0) is 36.8 Å². The molecule has 2 nitrogen and oxygen atoms in total. The minimum Gasteiger partial charge on any atom is -0.508 e. The molecular weight excluding hydrogens is 236 g/mol. The van der Waals surface area contributed by atoms with E-state index in [9.17, 15) is 5.11 Å². The van der Waals surface area contributed by atoms with Gasteiger partial charge in [0.2, 0.25) is 0 Å². The second-order valence-corrected chi connectivity index (χ2v) is 4.40. The Morgan fingerprint density at radius 2 is 1.84 bits per heavy atom. The highest BCUT2D eigenvalue weighted by atomic mass is 16.5. The lowest BCUT2D eigenvalue weighted by Gasteiger charge is -2.21. The quantitative estimate of drug-likeness (QED) is 0.820. The van der Waals surface area contributed by atoms with E-state index in [2.05, 4.69) is 18.2 Å². The van der Waals surface area contributed by atoms with Crippen molar-refractivity contribution in [3.8, 4) is 11.5 Å². The highest BCUT2D eigenvalue weighted by molar-refractivity contribution is 5.93. The molecular formula is C17H14O2. The first-order chi connectivity index (χ1) is 9.28. The summed E-state index contributed by atoms with van der Waals surface area (Å²) in [7, 11) is 0. The van der Waals surface area contributed by atoms with Crippen LogP contribution in [-0.4, -0.2) is 5.11 Å². The predicted molar refractivity (Wildman–Crippen MR) is 76.8 cm³/mol. The molecule has 0 atom stereocenters. The van der Waals surface area contributed by atoms with Crippen LogP contribution in [0.15, 0.2) is 60.4 Å². The summed E-state index contributed by atoms with van der Waals surface area (Å²) < 4.78 is 5.86. The average molecular weight is 250 g/mol. The van der Waals surface area contributed by atoms with Gasteiger partial charge in [0.15, 0.2) is 0 Å². The van der Waals surface area contributed by atoms with Crippen LogP contribution in [0.2, 0.25) is 0 Å². The van der Waals surface area contributed by atoms with Gasteiger partial charge in [-0.25, -0.2) is 0 Å². The zero-order chi connectivity index (χ0) is 13.2. The van der Waals surface area contributed by atoms with Crippen molar-refractivity contribution in [2.45, 2.75) is 6.92 Å². The maximum Gasteiger partial charge on any atom is 0.138 e. The molecule has 19 heavy (non-hydrogen) atoms. The number of phenols is 1. The third kappa shape index (κ3) is 2.13. The minimum atomic E-state index is 0.214. The van der Waals surface area contributed by atoms with E-state index < -0.39 is 0 Å². The van der Waals surface area contributed by atoms with Gasteiger partial charge in [0, 0.05) is 17.2 Å². The molecule has 0 fully saturated rings. The molecule has 3 rings (SSSR count). The predicted octanol–water partition coefficient (Wildman–Crippen LogP) is 4.23. The molecule has 0 saturated heterocycles. The number of hydrogen-bond donors (Lipinski definition) is 1. The largest absolute Gasteiger partial charge is 0.508 e. The van der Waals surface area contributed by atoms with Crippen LogP contribution in [0.4, 0.5) is 0 Å². The van der Waals surface area contributed by atoms with E-state index in [-0.39, 0.29) is 5.75 Å². The van der Waals surface area contributed by atoms with Crippen LogP contribution >= 0.6 is 0 Å². The van der Waals surface area contributed by atoms with E-state index >= 15 is 0 Å². The van der Waals surface area contributed by atoms with Crippen LogP contribution in [0.3, 0.4) is 0 Å². The molecule has 2 aromatic rings. The fourth-order valence-electron chi connectivity index (χ4n) is 2.19. The lowest BCUT2D eigenvalue weighted by molar-refractivity contribution is 0.432. The van der Waals surface area contributed by atoms with Crippen molar-refractivity contribution in [3.63, 3.8) is 0 Å². The van der Waals surface area contributed by atoms with Gasteiger partial charge in [-0.2, -0.15) is 0 Å². The fourth-order valence-corrected chi connectivity index (χ4v) is 2.19. The number of ether oxygens (including phenoxy) is 1. The van der Waals surface area contributed by atoms with Crippen molar-refractivity contribution in [2.75, 3.05) is 0 Å². The van der Waals surface area contributed by atoms with Gasteiger partial charge >= 0.3 is 0 Å². The van der Waals surface area contributed by atoms with Crippen LogP contribution in [0, 0.1) is 0 Å². The Balaban J connectivity index is 2.15. The number of phenolic OH excluding ortho intramolecular Hbond substituents is 1. The molecule has 1 aliphatic heterocycles. The molecule has 1 heterocycles. The maximum absolute atomic E-state index is 9.51. The van der Waals surface area contributed by atoms with E-state index in [4.69, 9.17) is 4.74 Å². The van der Waals surface area contributed by atoms with Crippen LogP contribution in [0.25, 0.3) is 11.6 Å². The molecule has 0 bridgehead atoms. The molecule has 94 valence electrons. The normalized spacial score (nSPS) is 15.6. The van der Waals surface area contributed by atoms with Crippen molar-refractivity contribution in [1.29, 1.82) is 0 Å². The summed E-state index contributed by atoms with van der Waals surface area (Å²) in [5.41, 5.74) is 3.15. The SMILES string of the molecule is C/C=C1\Oc2cc(O)ccc2C=C1c1ccccc1. The molecule has 0 aliphatic carbocycles. The van der Waals surface area contributed by atoms with Gasteiger partial charge in [0.05, 0.1) is 0 Å². The molecule has 1 aliphatic rings. The highest BCUT2D eigenvalue weighted by Gasteiger charge is 2.17. The Morgan fingerprint density at radius 3 is 2.58 bits per heavy atom.